The second kappa shape index (κ2) is 9.10. The lowest BCUT2D eigenvalue weighted by Crippen LogP contribution is -2.30. The summed E-state index contributed by atoms with van der Waals surface area (Å²) < 4.78 is 16.5. The molecule has 2 aromatic carbocycles. The molecule has 2 heterocycles. The molecule has 174 valence electrons. The Bertz CT molecular complexity index is 1460. The van der Waals surface area contributed by atoms with E-state index < -0.39 is 23.1 Å². The van der Waals surface area contributed by atoms with Gasteiger partial charge in [-0.1, -0.05) is 18.2 Å². The highest BCUT2D eigenvalue weighted by Gasteiger charge is 2.28. The number of carbonyl (C=O) groups is 1. The number of ether oxygens (including phenoxy) is 3. The van der Waals surface area contributed by atoms with Gasteiger partial charge >= 0.3 is 11.7 Å². The summed E-state index contributed by atoms with van der Waals surface area (Å²) in [6, 6.07) is 11.6. The van der Waals surface area contributed by atoms with Crippen LogP contribution in [0.1, 0.15) is 18.1 Å². The summed E-state index contributed by atoms with van der Waals surface area (Å²) in [6.45, 7) is 1.80. The maximum atomic E-state index is 12.7. The lowest BCUT2D eigenvalue weighted by molar-refractivity contribution is -0.134. The number of carbonyl (C=O) groups excluding carboxylic acids is 1. The minimum absolute atomic E-state index is 0.0152. The molecule has 4 rings (SSSR count). The van der Waals surface area contributed by atoms with Gasteiger partial charge in [-0.25, -0.2) is 19.1 Å². The number of aliphatic imine (C=N–C) groups is 1. The first-order valence-corrected chi connectivity index (χ1v) is 10.3. The number of rotatable bonds is 6. The molecule has 1 aliphatic rings. The van der Waals surface area contributed by atoms with Gasteiger partial charge in [0.25, 0.3) is 5.56 Å². The number of fused-ring (bicyclic) bond motifs is 1. The zero-order valence-corrected chi connectivity index (χ0v) is 18.6. The minimum atomic E-state index is -0.887. The molecule has 1 aliphatic heterocycles. The Morgan fingerprint density at radius 3 is 2.62 bits per heavy atom. The first-order valence-electron chi connectivity index (χ1n) is 10.3. The highest BCUT2D eigenvalue weighted by Crippen LogP contribution is 2.37. The summed E-state index contributed by atoms with van der Waals surface area (Å²) in [5, 5.41) is 11.1. The standard InChI is InChI=1S/C24H21N3O7/c1-4-34-23(30)20-15(14-7-5-6-8-17(14)25-20)12-16-21(28)26-24(31)27(22(16)29)18-11-13(32-2)9-10-19(18)33-3/h5-12,29H,4H2,1-3H3,(H,26,28,31). The van der Waals surface area contributed by atoms with Crippen LogP contribution in [0, 0.1) is 0 Å². The van der Waals surface area contributed by atoms with Crippen molar-refractivity contribution in [2.75, 3.05) is 20.8 Å². The number of hydrogen-bond acceptors (Lipinski definition) is 8. The van der Waals surface area contributed by atoms with Gasteiger partial charge in [-0.2, -0.15) is 0 Å². The van der Waals surface area contributed by atoms with Crippen molar-refractivity contribution in [1.29, 1.82) is 0 Å². The Balaban J connectivity index is 1.97. The fourth-order valence-corrected chi connectivity index (χ4v) is 3.62. The fraction of sp³-hybridized carbons (Fsp3) is 0.167. The van der Waals surface area contributed by atoms with Crippen molar-refractivity contribution in [2.45, 2.75) is 6.92 Å². The van der Waals surface area contributed by atoms with Crippen LogP contribution >= 0.6 is 0 Å². The van der Waals surface area contributed by atoms with Crippen LogP contribution in [0.4, 0.5) is 5.69 Å². The van der Waals surface area contributed by atoms with Gasteiger partial charge in [0.05, 0.1) is 32.2 Å². The molecule has 3 aromatic rings. The number of methoxy groups -OCH3 is 2. The smallest absolute Gasteiger partial charge is 0.357 e. The molecule has 10 nitrogen and oxygen atoms in total. The Hall–Kier alpha value is -4.60. The summed E-state index contributed by atoms with van der Waals surface area (Å²) >= 11 is 0. The quantitative estimate of drug-likeness (QED) is 0.537. The Kier molecular flexibility index (Phi) is 6.05. The topological polar surface area (TPSA) is 132 Å². The van der Waals surface area contributed by atoms with E-state index in [4.69, 9.17) is 14.2 Å². The largest absolute Gasteiger partial charge is 0.497 e. The van der Waals surface area contributed by atoms with Crippen LogP contribution in [-0.2, 0) is 9.53 Å². The van der Waals surface area contributed by atoms with Crippen LogP contribution in [0.25, 0.3) is 17.3 Å². The van der Waals surface area contributed by atoms with Crippen LogP contribution < -0.4 is 20.7 Å². The zero-order valence-electron chi connectivity index (χ0n) is 18.6. The molecule has 1 aromatic heterocycles. The highest BCUT2D eigenvalue weighted by molar-refractivity contribution is 6.58. The molecule has 0 spiro atoms. The van der Waals surface area contributed by atoms with Crippen LogP contribution in [0.5, 0.6) is 17.4 Å². The Morgan fingerprint density at radius 1 is 1.15 bits per heavy atom. The average molecular weight is 463 g/mol. The summed E-state index contributed by atoms with van der Waals surface area (Å²) in [5.74, 6) is -0.678. The molecule has 0 radical (unpaired) electrons. The lowest BCUT2D eigenvalue weighted by Gasteiger charge is -2.15. The van der Waals surface area contributed by atoms with E-state index in [1.165, 1.54) is 26.4 Å². The maximum Gasteiger partial charge on any atom is 0.357 e. The molecule has 0 bridgehead atoms. The minimum Gasteiger partial charge on any atom is -0.497 e. The van der Waals surface area contributed by atoms with E-state index >= 15 is 0 Å². The number of nitrogens with one attached hydrogen (secondary N) is 1. The van der Waals surface area contributed by atoms with Gasteiger partial charge in [0, 0.05) is 17.2 Å². The molecule has 0 amide bonds. The maximum absolute atomic E-state index is 12.7. The van der Waals surface area contributed by atoms with E-state index in [1.807, 2.05) is 0 Å². The third-order valence-corrected chi connectivity index (χ3v) is 5.19. The number of aromatic amines is 1. The van der Waals surface area contributed by atoms with E-state index in [0.717, 1.165) is 4.57 Å². The van der Waals surface area contributed by atoms with Gasteiger partial charge in [0.15, 0.2) is 5.71 Å². The second-order valence-electron chi connectivity index (χ2n) is 7.13. The number of benzene rings is 2. The normalized spacial score (nSPS) is 13.4. The second-order valence-corrected chi connectivity index (χ2v) is 7.13. The first kappa shape index (κ1) is 22.6. The number of esters is 1. The van der Waals surface area contributed by atoms with E-state index in [9.17, 15) is 19.5 Å². The molecule has 10 heteroatoms. The van der Waals surface area contributed by atoms with Gasteiger partial charge in [0.2, 0.25) is 5.88 Å². The third-order valence-electron chi connectivity index (χ3n) is 5.19. The number of aromatic hydroxyl groups is 1. The molecule has 2 N–H and O–H groups in total. The van der Waals surface area contributed by atoms with Crippen LogP contribution in [0.3, 0.4) is 0 Å². The first-order chi connectivity index (χ1) is 16.4. The molecule has 0 unspecified atom stereocenters. The Labute approximate surface area is 193 Å². The monoisotopic (exact) mass is 463 g/mol. The van der Waals surface area contributed by atoms with Gasteiger partial charge in [-0.3, -0.25) is 9.78 Å². The number of hydrogen-bond donors (Lipinski definition) is 2. The molecule has 0 fully saturated rings. The lowest BCUT2D eigenvalue weighted by atomic mass is 10.0. The Morgan fingerprint density at radius 2 is 1.91 bits per heavy atom. The van der Waals surface area contributed by atoms with Gasteiger partial charge in [0.1, 0.15) is 17.1 Å². The SMILES string of the molecule is CCOC(=O)C1=Nc2ccccc2C1=Cc1c(O)n(-c2cc(OC)ccc2OC)c(=O)[nH]c1=O. The van der Waals surface area contributed by atoms with Crippen LogP contribution in [0.15, 0.2) is 57.0 Å². The third kappa shape index (κ3) is 3.85. The summed E-state index contributed by atoms with van der Waals surface area (Å²) in [4.78, 5) is 44.5. The average Bonchev–Trinajstić information content (AvgIpc) is 3.20. The fourth-order valence-electron chi connectivity index (χ4n) is 3.62. The van der Waals surface area contributed by atoms with Crippen LogP contribution in [-0.4, -0.2) is 47.2 Å². The highest BCUT2D eigenvalue weighted by atomic mass is 16.5. The molecular weight excluding hydrogens is 442 g/mol. The molecule has 0 atom stereocenters. The van der Waals surface area contributed by atoms with Gasteiger partial charge in [-0.15, -0.1) is 0 Å². The summed E-state index contributed by atoms with van der Waals surface area (Å²) in [6.07, 6.45) is 1.30. The van der Waals surface area contributed by atoms with Crippen molar-refractivity contribution in [3.8, 4) is 23.1 Å². The summed E-state index contributed by atoms with van der Waals surface area (Å²) in [7, 11) is 2.85. The van der Waals surface area contributed by atoms with Crippen molar-refractivity contribution in [1.82, 2.24) is 9.55 Å². The molecular formula is C24H21N3O7. The van der Waals surface area contributed by atoms with Crippen LogP contribution in [0.2, 0.25) is 0 Å². The van der Waals surface area contributed by atoms with Crippen molar-refractivity contribution in [2.24, 2.45) is 4.99 Å². The molecule has 0 saturated heterocycles. The van der Waals surface area contributed by atoms with Crippen molar-refractivity contribution in [3.63, 3.8) is 0 Å². The van der Waals surface area contributed by atoms with Crippen molar-refractivity contribution < 1.29 is 24.1 Å². The van der Waals surface area contributed by atoms with Crippen molar-refractivity contribution in [3.05, 3.63) is 74.4 Å². The number of para-hydroxylation sites is 1. The molecule has 0 aliphatic carbocycles. The summed E-state index contributed by atoms with van der Waals surface area (Å²) in [5.41, 5.74) is -0.504. The predicted molar refractivity (Wildman–Crippen MR) is 125 cm³/mol. The predicted octanol–water partition coefficient (Wildman–Crippen LogP) is 2.44. The zero-order chi connectivity index (χ0) is 24.4. The van der Waals surface area contributed by atoms with E-state index in [0.29, 0.717) is 17.0 Å². The van der Waals surface area contributed by atoms with E-state index in [1.54, 1.807) is 43.3 Å². The molecule has 34 heavy (non-hydrogen) atoms. The van der Waals surface area contributed by atoms with Crippen molar-refractivity contribution >= 4 is 29.0 Å². The number of nitrogens with zero attached hydrogens (tertiary/aromatic N) is 2. The number of H-pyrrole nitrogens is 1. The van der Waals surface area contributed by atoms with E-state index in [-0.39, 0.29) is 34.9 Å². The van der Waals surface area contributed by atoms with E-state index in [2.05, 4.69) is 9.98 Å². The number of aromatic nitrogens is 2. The van der Waals surface area contributed by atoms with Gasteiger partial charge < -0.3 is 19.3 Å². The molecule has 0 saturated carbocycles. The van der Waals surface area contributed by atoms with Gasteiger partial charge in [-0.05, 0) is 31.2 Å².